The molecule has 9 heteroatoms. The van der Waals surface area contributed by atoms with Crippen molar-refractivity contribution >= 4 is 40.9 Å². The first kappa shape index (κ1) is 18.6. The number of nitrogens with zero attached hydrogens (tertiary/aromatic N) is 4. The van der Waals surface area contributed by atoms with Crippen molar-refractivity contribution in [1.82, 2.24) is 20.1 Å². The molecule has 1 saturated heterocycles. The molecule has 132 valence electrons. The van der Waals surface area contributed by atoms with Crippen molar-refractivity contribution < 1.29 is 4.79 Å². The number of halogens is 2. The maximum absolute atomic E-state index is 11.4. The zero-order valence-electron chi connectivity index (χ0n) is 13.9. The standard InChI is InChI=1S/C15H22Cl2N6O/c1-11(24)22-5-7-23(8-6-22)15(18-2)20-4-3-19-14-13(17)9-12(16)10-21-14/h9-10H,3-8H2,1-2H3,(H,18,20)(H,19,21). The fourth-order valence-electron chi connectivity index (χ4n) is 2.47. The molecule has 0 spiro atoms. The van der Waals surface area contributed by atoms with Gasteiger partial charge in [-0.3, -0.25) is 9.79 Å². The molecule has 2 heterocycles. The van der Waals surface area contributed by atoms with Gasteiger partial charge in [0, 0.05) is 59.4 Å². The van der Waals surface area contributed by atoms with Gasteiger partial charge in [-0.15, -0.1) is 0 Å². The van der Waals surface area contributed by atoms with Crippen molar-refractivity contribution in [2.45, 2.75) is 6.92 Å². The van der Waals surface area contributed by atoms with Crippen LogP contribution in [-0.2, 0) is 4.79 Å². The number of rotatable bonds is 4. The average molecular weight is 373 g/mol. The number of aromatic nitrogens is 1. The Hall–Kier alpha value is -1.73. The predicted molar refractivity (Wildman–Crippen MR) is 97.9 cm³/mol. The number of carbonyl (C=O) groups excluding carboxylic acids is 1. The fraction of sp³-hybridized carbons (Fsp3) is 0.533. The lowest BCUT2D eigenvalue weighted by molar-refractivity contribution is -0.130. The normalized spacial score (nSPS) is 15.4. The molecule has 1 aromatic heterocycles. The van der Waals surface area contributed by atoms with E-state index in [-0.39, 0.29) is 5.91 Å². The smallest absolute Gasteiger partial charge is 0.219 e. The van der Waals surface area contributed by atoms with E-state index in [0.717, 1.165) is 32.1 Å². The molecule has 1 amide bonds. The highest BCUT2D eigenvalue weighted by Crippen LogP contribution is 2.21. The molecule has 0 bridgehead atoms. The van der Waals surface area contributed by atoms with E-state index >= 15 is 0 Å². The minimum Gasteiger partial charge on any atom is -0.367 e. The number of hydrogen-bond acceptors (Lipinski definition) is 4. The Morgan fingerprint density at radius 1 is 1.25 bits per heavy atom. The lowest BCUT2D eigenvalue weighted by atomic mass is 10.3. The molecule has 0 aliphatic carbocycles. The van der Waals surface area contributed by atoms with E-state index in [4.69, 9.17) is 23.2 Å². The van der Waals surface area contributed by atoms with E-state index in [9.17, 15) is 4.79 Å². The number of anilines is 1. The van der Waals surface area contributed by atoms with Gasteiger partial charge in [-0.25, -0.2) is 4.98 Å². The minimum atomic E-state index is 0.120. The number of hydrogen-bond donors (Lipinski definition) is 2. The molecule has 1 aliphatic rings. The summed E-state index contributed by atoms with van der Waals surface area (Å²) in [5, 5.41) is 7.45. The quantitative estimate of drug-likeness (QED) is 0.476. The molecule has 7 nitrogen and oxygen atoms in total. The molecule has 1 aromatic rings. The van der Waals surface area contributed by atoms with Crippen LogP contribution < -0.4 is 10.6 Å². The Bertz CT molecular complexity index is 602. The van der Waals surface area contributed by atoms with E-state index in [1.54, 1.807) is 26.2 Å². The zero-order valence-corrected chi connectivity index (χ0v) is 15.4. The van der Waals surface area contributed by atoms with E-state index in [2.05, 4.69) is 25.5 Å². The van der Waals surface area contributed by atoms with Crippen molar-refractivity contribution in [2.24, 2.45) is 4.99 Å². The van der Waals surface area contributed by atoms with Gasteiger partial charge >= 0.3 is 0 Å². The molecule has 2 rings (SSSR count). The number of aliphatic imine (C=N–C) groups is 1. The van der Waals surface area contributed by atoms with Gasteiger partial charge in [0.05, 0.1) is 10.0 Å². The summed E-state index contributed by atoms with van der Waals surface area (Å²) in [5.74, 6) is 1.55. The molecule has 0 aromatic carbocycles. The predicted octanol–water partition coefficient (Wildman–Crippen LogP) is 1.54. The SMILES string of the molecule is CN=C(NCCNc1ncc(Cl)cc1Cl)N1CCN(C(C)=O)CC1. The Kier molecular flexibility index (Phi) is 6.93. The fourth-order valence-corrected chi connectivity index (χ4v) is 2.91. The van der Waals surface area contributed by atoms with E-state index in [1.165, 1.54) is 0 Å². The number of guanidine groups is 1. The Morgan fingerprint density at radius 3 is 2.50 bits per heavy atom. The first-order valence-corrected chi connectivity index (χ1v) is 8.53. The van der Waals surface area contributed by atoms with Crippen LogP contribution in [0.2, 0.25) is 10.0 Å². The summed E-state index contributed by atoms with van der Waals surface area (Å²) in [4.78, 5) is 23.8. The van der Waals surface area contributed by atoms with Crippen LogP contribution >= 0.6 is 23.2 Å². The molecular weight excluding hydrogens is 351 g/mol. The Labute approximate surface area is 152 Å². The molecule has 24 heavy (non-hydrogen) atoms. The van der Waals surface area contributed by atoms with Gasteiger partial charge in [0.2, 0.25) is 5.91 Å². The van der Waals surface area contributed by atoms with Gasteiger partial charge < -0.3 is 20.4 Å². The molecule has 1 fully saturated rings. The molecule has 0 saturated carbocycles. The molecule has 1 aliphatic heterocycles. The third kappa shape index (κ3) is 5.14. The topological polar surface area (TPSA) is 72.9 Å². The van der Waals surface area contributed by atoms with E-state index in [0.29, 0.717) is 29.0 Å². The van der Waals surface area contributed by atoms with Gasteiger partial charge in [0.25, 0.3) is 0 Å². The summed E-state index contributed by atoms with van der Waals surface area (Å²) >= 11 is 11.9. The number of carbonyl (C=O) groups is 1. The van der Waals surface area contributed by atoms with Gasteiger partial charge in [0.1, 0.15) is 5.82 Å². The minimum absolute atomic E-state index is 0.120. The third-order valence-corrected chi connectivity index (χ3v) is 4.24. The van der Waals surface area contributed by atoms with Gasteiger partial charge in [0.15, 0.2) is 5.96 Å². The van der Waals surface area contributed by atoms with Crippen LogP contribution in [0.15, 0.2) is 17.3 Å². The summed E-state index contributed by atoms with van der Waals surface area (Å²) in [7, 11) is 1.75. The van der Waals surface area contributed by atoms with E-state index in [1.807, 2.05) is 4.90 Å². The highest BCUT2D eigenvalue weighted by atomic mass is 35.5. The van der Waals surface area contributed by atoms with Gasteiger partial charge in [-0.05, 0) is 6.07 Å². The van der Waals surface area contributed by atoms with Crippen molar-refractivity contribution in [2.75, 3.05) is 51.6 Å². The first-order chi connectivity index (χ1) is 11.5. The number of piperazine rings is 1. The van der Waals surface area contributed by atoms with Crippen molar-refractivity contribution in [3.05, 3.63) is 22.3 Å². The zero-order chi connectivity index (χ0) is 17.5. The van der Waals surface area contributed by atoms with Crippen molar-refractivity contribution in [1.29, 1.82) is 0 Å². The summed E-state index contributed by atoms with van der Waals surface area (Å²) < 4.78 is 0. The third-order valence-electron chi connectivity index (χ3n) is 3.74. The summed E-state index contributed by atoms with van der Waals surface area (Å²) in [6.07, 6.45) is 1.55. The van der Waals surface area contributed by atoms with Crippen LogP contribution in [0.4, 0.5) is 5.82 Å². The lowest BCUT2D eigenvalue weighted by Crippen LogP contribution is -2.53. The second-order valence-corrected chi connectivity index (χ2v) is 6.22. The molecular formula is C15H22Cl2N6O. The monoisotopic (exact) mass is 372 g/mol. The molecule has 0 atom stereocenters. The maximum Gasteiger partial charge on any atom is 0.219 e. The Morgan fingerprint density at radius 2 is 1.92 bits per heavy atom. The largest absolute Gasteiger partial charge is 0.367 e. The lowest BCUT2D eigenvalue weighted by Gasteiger charge is -2.36. The number of nitrogens with one attached hydrogen (secondary N) is 2. The molecule has 0 radical (unpaired) electrons. The van der Waals surface area contributed by atoms with Crippen LogP contribution in [0.1, 0.15) is 6.92 Å². The number of pyridine rings is 1. The maximum atomic E-state index is 11.4. The molecule has 0 unspecified atom stereocenters. The molecule has 2 N–H and O–H groups in total. The van der Waals surface area contributed by atoms with Gasteiger partial charge in [-0.2, -0.15) is 0 Å². The van der Waals surface area contributed by atoms with Crippen molar-refractivity contribution in [3.8, 4) is 0 Å². The summed E-state index contributed by atoms with van der Waals surface area (Å²) in [6, 6.07) is 1.65. The summed E-state index contributed by atoms with van der Waals surface area (Å²) in [6.45, 7) is 5.90. The highest BCUT2D eigenvalue weighted by Gasteiger charge is 2.20. The summed E-state index contributed by atoms with van der Waals surface area (Å²) in [5.41, 5.74) is 0. The van der Waals surface area contributed by atoms with Gasteiger partial charge in [-0.1, -0.05) is 23.2 Å². The Balaban J connectivity index is 1.75. The highest BCUT2D eigenvalue weighted by molar-refractivity contribution is 6.35. The van der Waals surface area contributed by atoms with Crippen LogP contribution in [-0.4, -0.2) is 73.0 Å². The van der Waals surface area contributed by atoms with Crippen LogP contribution in [0.25, 0.3) is 0 Å². The second kappa shape index (κ2) is 8.94. The van der Waals surface area contributed by atoms with Crippen molar-refractivity contribution in [3.63, 3.8) is 0 Å². The van der Waals surface area contributed by atoms with Crippen LogP contribution in [0, 0.1) is 0 Å². The average Bonchev–Trinajstić information content (AvgIpc) is 2.57. The van der Waals surface area contributed by atoms with Crippen LogP contribution in [0.5, 0.6) is 0 Å². The number of amides is 1. The van der Waals surface area contributed by atoms with Crippen LogP contribution in [0.3, 0.4) is 0 Å². The van der Waals surface area contributed by atoms with E-state index < -0.39 is 0 Å². The second-order valence-electron chi connectivity index (χ2n) is 5.38. The first-order valence-electron chi connectivity index (χ1n) is 7.77.